The van der Waals surface area contributed by atoms with Crippen molar-refractivity contribution in [2.24, 2.45) is 0 Å². The maximum absolute atomic E-state index is 13.2. The Morgan fingerprint density at radius 3 is 1.00 bits per heavy atom. The summed E-state index contributed by atoms with van der Waals surface area (Å²) in [6.45, 7) is 6.07. The molecule has 1 heterocycles. The van der Waals surface area contributed by atoms with E-state index in [1.807, 2.05) is 0 Å². The molecule has 85 heavy (non-hydrogen) atoms. The number of aliphatic hydroxyl groups is 2. The van der Waals surface area contributed by atoms with Crippen LogP contribution in [-0.2, 0) is 42.9 Å². The minimum absolute atomic E-state index is 0.0676. The monoisotopic (exact) mass is 1200 g/mol. The summed E-state index contributed by atoms with van der Waals surface area (Å²) in [5.41, 5.74) is 0. The third-order valence-corrected chi connectivity index (χ3v) is 17.0. The third-order valence-electron chi connectivity index (χ3n) is 17.0. The van der Waals surface area contributed by atoms with Crippen LogP contribution >= 0.6 is 0 Å². The van der Waals surface area contributed by atoms with Crippen LogP contribution in [0.3, 0.4) is 0 Å². The number of esters is 3. The van der Waals surface area contributed by atoms with E-state index in [0.29, 0.717) is 19.3 Å². The third kappa shape index (κ3) is 50.7. The molecule has 0 aromatic heterocycles. The fraction of sp³-hybridized carbons (Fsp3) is 0.890. The van der Waals surface area contributed by atoms with Gasteiger partial charge in [0, 0.05) is 19.3 Å². The molecule has 0 saturated carbocycles. The molecule has 1 aliphatic rings. The van der Waals surface area contributed by atoms with Crippen LogP contribution in [0.25, 0.3) is 0 Å². The number of unbranched alkanes of at least 4 members (excludes halogenated alkanes) is 46. The Morgan fingerprint density at radius 2 is 0.671 bits per heavy atom. The Balaban J connectivity index is 2.60. The number of carboxylic acids is 1. The summed E-state index contributed by atoms with van der Waals surface area (Å²) in [4.78, 5) is 51.5. The van der Waals surface area contributed by atoms with E-state index >= 15 is 0 Å². The first-order chi connectivity index (χ1) is 41.6. The van der Waals surface area contributed by atoms with Crippen LogP contribution in [0.5, 0.6) is 0 Å². The number of carboxylic acid groups (broad SMARTS) is 1. The summed E-state index contributed by atoms with van der Waals surface area (Å²) in [7, 11) is 0. The molecule has 0 amide bonds. The minimum Gasteiger partial charge on any atom is -0.479 e. The smallest absolute Gasteiger partial charge is 0.335 e. The van der Waals surface area contributed by atoms with Gasteiger partial charge in [-0.25, -0.2) is 4.79 Å². The molecule has 6 unspecified atom stereocenters. The van der Waals surface area contributed by atoms with Crippen molar-refractivity contribution in [1.29, 1.82) is 0 Å². The van der Waals surface area contributed by atoms with Gasteiger partial charge in [-0.3, -0.25) is 14.4 Å². The van der Waals surface area contributed by atoms with Gasteiger partial charge in [-0.05, 0) is 70.6 Å². The van der Waals surface area contributed by atoms with Crippen LogP contribution in [0.1, 0.15) is 367 Å². The van der Waals surface area contributed by atoms with Crippen molar-refractivity contribution in [1.82, 2.24) is 0 Å². The van der Waals surface area contributed by atoms with Gasteiger partial charge in [0.15, 0.2) is 24.6 Å². The van der Waals surface area contributed by atoms with Gasteiger partial charge in [-0.15, -0.1) is 0 Å². The lowest BCUT2D eigenvalue weighted by molar-refractivity contribution is -0.301. The summed E-state index contributed by atoms with van der Waals surface area (Å²) in [6.07, 6.45) is 61.3. The van der Waals surface area contributed by atoms with Crippen LogP contribution in [0.15, 0.2) is 24.3 Å². The van der Waals surface area contributed by atoms with E-state index in [4.69, 9.17) is 23.7 Å². The molecule has 12 heteroatoms. The summed E-state index contributed by atoms with van der Waals surface area (Å²) in [5.74, 6) is -3.08. The van der Waals surface area contributed by atoms with Crippen LogP contribution < -0.4 is 0 Å². The van der Waals surface area contributed by atoms with Gasteiger partial charge in [0.25, 0.3) is 0 Å². The lowest BCUT2D eigenvalue weighted by Gasteiger charge is -2.40. The van der Waals surface area contributed by atoms with Crippen LogP contribution in [0.4, 0.5) is 0 Å². The summed E-state index contributed by atoms with van der Waals surface area (Å²) in [5, 5.41) is 31.7. The highest BCUT2D eigenvalue weighted by molar-refractivity contribution is 5.74. The van der Waals surface area contributed by atoms with Crippen molar-refractivity contribution >= 4 is 23.9 Å². The Kier molecular flexibility index (Phi) is 58.0. The molecule has 1 saturated heterocycles. The number of aliphatic carboxylic acids is 1. The maximum atomic E-state index is 13.2. The number of carbonyl (C=O) groups is 4. The van der Waals surface area contributed by atoms with Gasteiger partial charge in [-0.2, -0.15) is 0 Å². The van der Waals surface area contributed by atoms with Crippen LogP contribution in [0, 0.1) is 0 Å². The van der Waals surface area contributed by atoms with Crippen molar-refractivity contribution in [3.8, 4) is 0 Å². The zero-order valence-corrected chi connectivity index (χ0v) is 55.4. The summed E-state index contributed by atoms with van der Waals surface area (Å²) in [6, 6.07) is 0. The van der Waals surface area contributed by atoms with Gasteiger partial charge in [0.1, 0.15) is 18.8 Å². The average molecular weight is 1200 g/mol. The number of carbonyl (C=O) groups excluding carboxylic acids is 3. The molecule has 1 rings (SSSR count). The number of aliphatic hydroxyl groups excluding tert-OH is 2. The van der Waals surface area contributed by atoms with E-state index in [1.165, 1.54) is 238 Å². The number of allylic oxidation sites excluding steroid dienone is 4. The number of rotatable bonds is 64. The number of ether oxygens (including phenoxy) is 5. The van der Waals surface area contributed by atoms with Gasteiger partial charge >= 0.3 is 23.9 Å². The maximum Gasteiger partial charge on any atom is 0.335 e. The second-order valence-corrected chi connectivity index (χ2v) is 25.2. The SMILES string of the molecule is CCCCCCCC/C=C\CCCCCCCCCCCC(=O)OCC(COC1OC(C(=O)O)C(O)C(O)C1OC(=O)CCCCCCCCCCCCCCCCCCCCC)OC(=O)CCCCCCCCC/C=C\CCCCCCCC. The molecule has 3 N–H and O–H groups in total. The highest BCUT2D eigenvalue weighted by Gasteiger charge is 2.50. The molecule has 1 fully saturated rings. The molecule has 0 aromatic rings. The highest BCUT2D eigenvalue weighted by atomic mass is 16.7. The number of hydrogen-bond acceptors (Lipinski definition) is 11. The van der Waals surface area contributed by atoms with E-state index in [-0.39, 0.29) is 25.9 Å². The first-order valence-electron chi connectivity index (χ1n) is 36.3. The first kappa shape index (κ1) is 80.2. The van der Waals surface area contributed by atoms with Gasteiger partial charge in [-0.1, -0.05) is 302 Å². The summed E-state index contributed by atoms with van der Waals surface area (Å²) >= 11 is 0. The van der Waals surface area contributed by atoms with Crippen LogP contribution in [0.2, 0.25) is 0 Å². The molecule has 0 bridgehead atoms. The van der Waals surface area contributed by atoms with Gasteiger partial charge < -0.3 is 39.0 Å². The largest absolute Gasteiger partial charge is 0.479 e. The van der Waals surface area contributed by atoms with E-state index in [1.54, 1.807) is 0 Å². The Hall–Kier alpha value is -2.80. The second kappa shape index (κ2) is 61.4. The molecule has 498 valence electrons. The topological polar surface area (TPSA) is 175 Å². The fourth-order valence-corrected chi connectivity index (χ4v) is 11.4. The number of hydrogen-bond donors (Lipinski definition) is 3. The predicted octanol–water partition coefficient (Wildman–Crippen LogP) is 20.1. The highest BCUT2D eigenvalue weighted by Crippen LogP contribution is 2.27. The van der Waals surface area contributed by atoms with Crippen molar-refractivity contribution in [2.45, 2.75) is 404 Å². The molecular weight excluding hydrogens is 1070 g/mol. The zero-order chi connectivity index (χ0) is 61.7. The molecule has 0 aliphatic carbocycles. The van der Waals surface area contributed by atoms with Crippen molar-refractivity contribution in [3.63, 3.8) is 0 Å². The molecular formula is C73H134O12. The van der Waals surface area contributed by atoms with E-state index < -0.39 is 67.3 Å². The lowest BCUT2D eigenvalue weighted by atomic mass is 9.98. The van der Waals surface area contributed by atoms with Crippen molar-refractivity contribution in [2.75, 3.05) is 13.2 Å². The molecule has 0 spiro atoms. The van der Waals surface area contributed by atoms with E-state index in [2.05, 4.69) is 45.1 Å². The summed E-state index contributed by atoms with van der Waals surface area (Å²) < 4.78 is 28.7. The minimum atomic E-state index is -1.90. The standard InChI is InChI=1S/C73H134O12/c1-4-7-10-13-16-19-22-25-28-31-33-36-38-41-44-47-50-53-56-59-65(74)81-62-64(83-66(75)60-57-54-51-48-45-42-39-35-30-27-24-21-18-15-12-9-6-3)63-82-73-71(69(78)68(77)70(85-73)72(79)80)84-67(76)61-58-55-52-49-46-43-40-37-34-32-29-26-23-20-17-14-11-8-5-2/h25,27-28,30,64,68-71,73,77-78H,4-24,26,29,31-63H2,1-3H3,(H,79,80)/b28-25-,30-27-. The normalized spacial score (nSPS) is 17.5. The van der Waals surface area contributed by atoms with Crippen molar-refractivity contribution < 1.29 is 58.2 Å². The average Bonchev–Trinajstić information content (AvgIpc) is 3.51. The molecule has 6 atom stereocenters. The second-order valence-electron chi connectivity index (χ2n) is 25.2. The molecule has 1 aliphatic heterocycles. The Labute approximate surface area is 521 Å². The molecule has 0 aromatic carbocycles. The van der Waals surface area contributed by atoms with Crippen LogP contribution in [-0.4, -0.2) is 89.2 Å². The van der Waals surface area contributed by atoms with Gasteiger partial charge in [0.05, 0.1) is 6.61 Å². The molecule has 12 nitrogen and oxygen atoms in total. The Bertz CT molecular complexity index is 1570. The van der Waals surface area contributed by atoms with Gasteiger partial charge in [0.2, 0.25) is 0 Å². The zero-order valence-electron chi connectivity index (χ0n) is 55.4. The lowest BCUT2D eigenvalue weighted by Crippen LogP contribution is -2.61. The quantitative estimate of drug-likeness (QED) is 0.0228. The molecule has 0 radical (unpaired) electrons. The first-order valence-corrected chi connectivity index (χ1v) is 36.3. The Morgan fingerprint density at radius 1 is 0.376 bits per heavy atom. The fourth-order valence-electron chi connectivity index (χ4n) is 11.4. The predicted molar refractivity (Wildman–Crippen MR) is 350 cm³/mol. The van der Waals surface area contributed by atoms with Crippen molar-refractivity contribution in [3.05, 3.63) is 24.3 Å². The van der Waals surface area contributed by atoms with E-state index in [9.17, 15) is 34.5 Å². The van der Waals surface area contributed by atoms with E-state index in [0.717, 1.165) is 70.6 Å².